The van der Waals surface area contributed by atoms with Crippen LogP contribution in [0.5, 0.6) is 5.88 Å². The maximum atomic E-state index is 12.5. The van der Waals surface area contributed by atoms with Crippen molar-refractivity contribution in [2.75, 3.05) is 11.6 Å². The van der Waals surface area contributed by atoms with E-state index in [0.717, 1.165) is 23.8 Å². The van der Waals surface area contributed by atoms with Gasteiger partial charge in [0.15, 0.2) is 9.84 Å². The second-order valence-corrected chi connectivity index (χ2v) is 13.5. The Morgan fingerprint density at radius 3 is 2.62 bits per heavy atom. The predicted molar refractivity (Wildman–Crippen MR) is 149 cm³/mol. The topological polar surface area (TPSA) is 146 Å². The number of pyridine rings is 3. The van der Waals surface area contributed by atoms with Crippen molar-refractivity contribution in [3.63, 3.8) is 0 Å². The highest BCUT2D eigenvalue weighted by atomic mass is 32.2. The van der Waals surface area contributed by atoms with E-state index in [1.165, 1.54) is 6.26 Å². The number of rotatable bonds is 8. The lowest BCUT2D eigenvalue weighted by Gasteiger charge is -2.36. The standard InChI is InChI=1S/C28H35N5O5S/c1-6-7-22(29)20-13-31-26(37-16-10-17(11-16)39(5,35)36)21-14-30-24(12-19(20)21)32-23-9-8-18-25(33-23)15(2)28(3,4)38-27(18)34/h8-9,12-17,22H,6-7,10-11,29H2,1-5H3,(H,30,32,33)/t15-,16-,17+,22+/m1/s1. The highest BCUT2D eigenvalue weighted by Crippen LogP contribution is 2.39. The number of cyclic esters (lactones) is 1. The molecule has 0 saturated heterocycles. The minimum atomic E-state index is -3.08. The Bertz CT molecular complexity index is 1530. The Morgan fingerprint density at radius 1 is 1.18 bits per heavy atom. The van der Waals surface area contributed by atoms with E-state index in [2.05, 4.69) is 22.2 Å². The first kappa shape index (κ1) is 27.3. The molecular formula is C28H35N5O5S. The Kier molecular flexibility index (Phi) is 7.00. The molecule has 0 bridgehead atoms. The minimum Gasteiger partial charge on any atom is -0.474 e. The van der Waals surface area contributed by atoms with Crippen LogP contribution in [0.3, 0.4) is 0 Å². The van der Waals surface area contributed by atoms with Gasteiger partial charge in [-0.25, -0.2) is 28.2 Å². The summed E-state index contributed by atoms with van der Waals surface area (Å²) in [5.41, 5.74) is 7.88. The van der Waals surface area contributed by atoms with Crippen LogP contribution < -0.4 is 15.8 Å². The van der Waals surface area contributed by atoms with Crippen LogP contribution in [0.25, 0.3) is 10.8 Å². The number of carbonyl (C=O) groups excluding carboxylic acids is 1. The van der Waals surface area contributed by atoms with Crippen LogP contribution in [-0.4, -0.2) is 52.5 Å². The molecule has 3 aromatic rings. The average molecular weight is 554 g/mol. The molecule has 0 radical (unpaired) electrons. The van der Waals surface area contributed by atoms with E-state index >= 15 is 0 Å². The molecule has 11 heteroatoms. The predicted octanol–water partition coefficient (Wildman–Crippen LogP) is 4.58. The summed E-state index contributed by atoms with van der Waals surface area (Å²) in [6.07, 6.45) is 7.06. The maximum Gasteiger partial charge on any atom is 0.340 e. The normalized spacial score (nSPS) is 22.9. The summed E-state index contributed by atoms with van der Waals surface area (Å²) in [4.78, 5) is 26.3. The van der Waals surface area contributed by atoms with Gasteiger partial charge >= 0.3 is 5.97 Å². The molecule has 4 heterocycles. The Morgan fingerprint density at radius 2 is 1.92 bits per heavy atom. The summed E-state index contributed by atoms with van der Waals surface area (Å²) in [6.45, 7) is 7.83. The van der Waals surface area contributed by atoms with Crippen molar-refractivity contribution >= 4 is 38.2 Å². The quantitative estimate of drug-likeness (QED) is 0.380. The first-order chi connectivity index (χ1) is 18.4. The van der Waals surface area contributed by atoms with Crippen LogP contribution in [0.2, 0.25) is 0 Å². The fourth-order valence-electron chi connectivity index (χ4n) is 5.07. The van der Waals surface area contributed by atoms with E-state index in [0.29, 0.717) is 47.0 Å². The lowest BCUT2D eigenvalue weighted by molar-refractivity contribution is -0.0189. The molecule has 0 unspecified atom stereocenters. The molecule has 3 aromatic heterocycles. The molecule has 39 heavy (non-hydrogen) atoms. The number of anilines is 2. The van der Waals surface area contributed by atoms with E-state index in [9.17, 15) is 13.2 Å². The zero-order chi connectivity index (χ0) is 28.1. The molecule has 3 N–H and O–H groups in total. The number of esters is 1. The molecule has 1 aliphatic heterocycles. The molecule has 208 valence electrons. The first-order valence-corrected chi connectivity index (χ1v) is 15.2. The molecule has 0 spiro atoms. The fraction of sp³-hybridized carbons (Fsp3) is 0.500. The number of hydrogen-bond donors (Lipinski definition) is 2. The van der Waals surface area contributed by atoms with Gasteiger partial charge in [0.25, 0.3) is 0 Å². The second-order valence-electron chi connectivity index (χ2n) is 11.2. The summed E-state index contributed by atoms with van der Waals surface area (Å²) >= 11 is 0. The van der Waals surface area contributed by atoms with Crippen molar-refractivity contribution in [3.05, 3.63) is 47.4 Å². The van der Waals surface area contributed by atoms with E-state index in [-0.39, 0.29) is 29.3 Å². The van der Waals surface area contributed by atoms with Crippen molar-refractivity contribution < 1.29 is 22.7 Å². The molecule has 2 atom stereocenters. The summed E-state index contributed by atoms with van der Waals surface area (Å²) in [5.74, 6) is 1.07. The van der Waals surface area contributed by atoms with Gasteiger partial charge in [-0.3, -0.25) is 0 Å². The molecule has 1 saturated carbocycles. The number of nitrogens with one attached hydrogen (secondary N) is 1. The van der Waals surface area contributed by atoms with E-state index in [1.54, 1.807) is 24.5 Å². The van der Waals surface area contributed by atoms with Crippen LogP contribution >= 0.6 is 0 Å². The maximum absolute atomic E-state index is 12.5. The minimum absolute atomic E-state index is 0.0882. The van der Waals surface area contributed by atoms with Crippen LogP contribution in [0.1, 0.15) is 87.0 Å². The lowest BCUT2D eigenvalue weighted by Crippen LogP contribution is -2.42. The zero-order valence-corrected chi connectivity index (χ0v) is 23.7. The van der Waals surface area contributed by atoms with Gasteiger partial charge < -0.3 is 20.5 Å². The van der Waals surface area contributed by atoms with Crippen molar-refractivity contribution in [2.45, 2.75) is 82.3 Å². The largest absolute Gasteiger partial charge is 0.474 e. The highest BCUT2D eigenvalue weighted by molar-refractivity contribution is 7.91. The zero-order valence-electron chi connectivity index (χ0n) is 22.9. The van der Waals surface area contributed by atoms with Crippen molar-refractivity contribution in [1.29, 1.82) is 0 Å². The lowest BCUT2D eigenvalue weighted by atomic mass is 9.84. The van der Waals surface area contributed by atoms with E-state index in [4.69, 9.17) is 20.2 Å². The van der Waals surface area contributed by atoms with E-state index < -0.39 is 15.4 Å². The number of nitrogens with zero attached hydrogens (tertiary/aromatic N) is 3. The Hall–Kier alpha value is -3.31. The monoisotopic (exact) mass is 553 g/mol. The number of aromatic nitrogens is 3. The third-order valence-electron chi connectivity index (χ3n) is 7.91. The molecule has 10 nitrogen and oxygen atoms in total. The molecule has 0 aromatic carbocycles. The van der Waals surface area contributed by atoms with Crippen molar-refractivity contribution in [3.8, 4) is 5.88 Å². The van der Waals surface area contributed by atoms with Gasteiger partial charge in [0.1, 0.15) is 23.3 Å². The molecule has 1 aliphatic carbocycles. The smallest absolute Gasteiger partial charge is 0.340 e. The fourth-order valence-corrected chi connectivity index (χ4v) is 6.20. The molecule has 2 aliphatic rings. The Labute approximate surface area is 228 Å². The van der Waals surface area contributed by atoms with Gasteiger partial charge in [0.2, 0.25) is 5.88 Å². The summed E-state index contributed by atoms with van der Waals surface area (Å²) in [7, 11) is -3.08. The number of carbonyl (C=O) groups is 1. The molecule has 5 rings (SSSR count). The summed E-state index contributed by atoms with van der Waals surface area (Å²) < 4.78 is 35.3. The number of nitrogens with two attached hydrogens (primary N) is 1. The third-order valence-corrected chi connectivity index (χ3v) is 9.51. The van der Waals surface area contributed by atoms with E-state index in [1.807, 2.05) is 26.8 Å². The molecule has 1 fully saturated rings. The average Bonchev–Trinajstić information content (AvgIpc) is 2.83. The second kappa shape index (κ2) is 10.0. The van der Waals surface area contributed by atoms with Gasteiger partial charge in [-0.15, -0.1) is 0 Å². The molecular weight excluding hydrogens is 518 g/mol. The summed E-state index contributed by atoms with van der Waals surface area (Å²) in [5, 5.41) is 4.46. The van der Waals surface area contributed by atoms with Crippen molar-refractivity contribution in [1.82, 2.24) is 15.0 Å². The van der Waals surface area contributed by atoms with Gasteiger partial charge in [-0.05, 0) is 49.4 Å². The highest BCUT2D eigenvalue weighted by Gasteiger charge is 2.40. The van der Waals surface area contributed by atoms with Crippen LogP contribution in [-0.2, 0) is 14.6 Å². The number of fused-ring (bicyclic) bond motifs is 2. The van der Waals surface area contributed by atoms with Crippen LogP contribution in [0, 0.1) is 0 Å². The van der Waals surface area contributed by atoms with Crippen LogP contribution in [0.4, 0.5) is 11.6 Å². The third kappa shape index (κ3) is 5.29. The van der Waals surface area contributed by atoms with Gasteiger partial charge in [-0.1, -0.05) is 20.3 Å². The van der Waals surface area contributed by atoms with Crippen molar-refractivity contribution in [2.24, 2.45) is 5.73 Å². The number of hydrogen-bond acceptors (Lipinski definition) is 10. The van der Waals surface area contributed by atoms with Gasteiger partial charge in [0.05, 0.1) is 21.9 Å². The van der Waals surface area contributed by atoms with Gasteiger partial charge in [0, 0.05) is 43.5 Å². The number of ether oxygens (including phenoxy) is 2. The molecule has 0 amide bonds. The Balaban J connectivity index is 1.47. The SMILES string of the molecule is CCC[C@H](N)c1cnc(O[C@H]2C[C@@H](S(C)(=O)=O)C2)c2cnc(Nc3ccc4c(n3)[C@@H](C)C(C)(C)OC4=O)cc12. The first-order valence-electron chi connectivity index (χ1n) is 13.3. The summed E-state index contributed by atoms with van der Waals surface area (Å²) in [6, 6.07) is 5.14. The van der Waals surface area contributed by atoms with Gasteiger partial charge in [-0.2, -0.15) is 0 Å². The number of sulfone groups is 1. The van der Waals surface area contributed by atoms with Crippen LogP contribution in [0.15, 0.2) is 30.6 Å².